The summed E-state index contributed by atoms with van der Waals surface area (Å²) in [7, 11) is 0. The number of hydrogen-bond acceptors (Lipinski definition) is 4. The normalized spacial score (nSPS) is 11.7. The Morgan fingerprint density at radius 2 is 1.92 bits per heavy atom. The van der Waals surface area contributed by atoms with Crippen molar-refractivity contribution in [1.82, 2.24) is 10.3 Å². The first-order valence-electron chi connectivity index (χ1n) is 7.87. The summed E-state index contributed by atoms with van der Waals surface area (Å²) >= 11 is 1.33. The highest BCUT2D eigenvalue weighted by Crippen LogP contribution is 2.24. The number of primary amides is 1. The van der Waals surface area contributed by atoms with Gasteiger partial charge in [-0.15, -0.1) is 11.3 Å². The molecule has 1 aromatic heterocycles. The Morgan fingerprint density at radius 1 is 1.15 bits per heavy atom. The van der Waals surface area contributed by atoms with Crippen molar-refractivity contribution in [3.63, 3.8) is 0 Å². The van der Waals surface area contributed by atoms with Gasteiger partial charge in [0.25, 0.3) is 0 Å². The van der Waals surface area contributed by atoms with E-state index in [1.165, 1.54) is 23.5 Å². The Kier molecular flexibility index (Phi) is 5.38. The molecule has 5 nitrogen and oxygen atoms in total. The van der Waals surface area contributed by atoms with Gasteiger partial charge in [0, 0.05) is 10.9 Å². The predicted octanol–water partition coefficient (Wildman–Crippen LogP) is 2.83. The van der Waals surface area contributed by atoms with Gasteiger partial charge < -0.3 is 11.1 Å². The monoisotopic (exact) mass is 369 g/mol. The zero-order valence-electron chi connectivity index (χ0n) is 13.7. The van der Waals surface area contributed by atoms with Gasteiger partial charge in [0.05, 0.1) is 12.1 Å². The average molecular weight is 369 g/mol. The second kappa shape index (κ2) is 7.88. The van der Waals surface area contributed by atoms with Crippen LogP contribution in [0, 0.1) is 5.82 Å². The SMILES string of the molecule is NC(=O)C(NC(=O)Cc1csc(-c2cccc(F)c2)n1)c1ccccc1. The molecule has 0 bridgehead atoms. The number of thiazole rings is 1. The van der Waals surface area contributed by atoms with Crippen molar-refractivity contribution in [3.8, 4) is 10.6 Å². The molecule has 0 fully saturated rings. The Balaban J connectivity index is 1.69. The maximum absolute atomic E-state index is 13.3. The van der Waals surface area contributed by atoms with Crippen LogP contribution in [0.25, 0.3) is 10.6 Å². The molecule has 0 radical (unpaired) electrons. The van der Waals surface area contributed by atoms with Crippen molar-refractivity contribution in [2.45, 2.75) is 12.5 Å². The molecule has 0 aliphatic carbocycles. The minimum absolute atomic E-state index is 0.00241. The van der Waals surface area contributed by atoms with Crippen LogP contribution >= 0.6 is 11.3 Å². The molecule has 1 heterocycles. The fraction of sp³-hybridized carbons (Fsp3) is 0.105. The largest absolute Gasteiger partial charge is 0.368 e. The third kappa shape index (κ3) is 4.31. The Morgan fingerprint density at radius 3 is 2.62 bits per heavy atom. The number of hydrogen-bond donors (Lipinski definition) is 2. The summed E-state index contributed by atoms with van der Waals surface area (Å²) in [6.45, 7) is 0. The van der Waals surface area contributed by atoms with Gasteiger partial charge in [0.2, 0.25) is 11.8 Å². The number of halogens is 1. The average Bonchev–Trinajstić information content (AvgIpc) is 3.08. The van der Waals surface area contributed by atoms with Crippen LogP contribution in [0.2, 0.25) is 0 Å². The van der Waals surface area contributed by atoms with Crippen LogP contribution in [0.5, 0.6) is 0 Å². The second-order valence-corrected chi connectivity index (χ2v) is 6.50. The zero-order valence-corrected chi connectivity index (χ0v) is 14.5. The molecule has 0 saturated carbocycles. The summed E-state index contributed by atoms with van der Waals surface area (Å²) in [5, 5.41) is 4.99. The molecule has 7 heteroatoms. The second-order valence-electron chi connectivity index (χ2n) is 5.64. The fourth-order valence-corrected chi connectivity index (χ4v) is 3.30. The number of rotatable bonds is 6. The van der Waals surface area contributed by atoms with Crippen LogP contribution in [0.4, 0.5) is 4.39 Å². The molecule has 0 saturated heterocycles. The van der Waals surface area contributed by atoms with Gasteiger partial charge in [0.1, 0.15) is 16.9 Å². The summed E-state index contributed by atoms with van der Waals surface area (Å²) in [5.74, 6) is -1.35. The van der Waals surface area contributed by atoms with Crippen LogP contribution < -0.4 is 11.1 Å². The minimum Gasteiger partial charge on any atom is -0.368 e. The van der Waals surface area contributed by atoms with Gasteiger partial charge in [-0.2, -0.15) is 0 Å². The Hall–Kier alpha value is -3.06. The predicted molar refractivity (Wildman–Crippen MR) is 97.7 cm³/mol. The van der Waals surface area contributed by atoms with E-state index in [1.807, 2.05) is 6.07 Å². The van der Waals surface area contributed by atoms with Gasteiger partial charge in [0.15, 0.2) is 0 Å². The molecule has 0 spiro atoms. The molecule has 26 heavy (non-hydrogen) atoms. The summed E-state index contributed by atoms with van der Waals surface area (Å²) < 4.78 is 13.3. The van der Waals surface area contributed by atoms with Gasteiger partial charge in [-0.1, -0.05) is 42.5 Å². The standard InChI is InChI=1S/C19H16FN3O2S/c20-14-8-4-7-13(9-14)19-22-15(11-26-19)10-16(24)23-17(18(21)25)12-5-2-1-3-6-12/h1-9,11,17H,10H2,(H2,21,25)(H,23,24). The number of amides is 2. The lowest BCUT2D eigenvalue weighted by molar-refractivity contribution is -0.127. The Bertz CT molecular complexity index is 927. The van der Waals surface area contributed by atoms with Crippen LogP contribution in [0.15, 0.2) is 60.0 Å². The van der Waals surface area contributed by atoms with Gasteiger partial charge in [-0.05, 0) is 17.7 Å². The summed E-state index contributed by atoms with van der Waals surface area (Å²) in [6.07, 6.45) is 0.00241. The lowest BCUT2D eigenvalue weighted by Gasteiger charge is -2.15. The molecular formula is C19H16FN3O2S. The highest BCUT2D eigenvalue weighted by Gasteiger charge is 2.20. The molecule has 3 N–H and O–H groups in total. The van der Waals surface area contributed by atoms with E-state index in [2.05, 4.69) is 10.3 Å². The summed E-state index contributed by atoms with van der Waals surface area (Å²) in [4.78, 5) is 28.3. The van der Waals surface area contributed by atoms with Crippen molar-refractivity contribution in [2.75, 3.05) is 0 Å². The minimum atomic E-state index is -0.898. The number of nitrogens with zero attached hydrogens (tertiary/aromatic N) is 1. The summed E-state index contributed by atoms with van der Waals surface area (Å²) in [5.41, 5.74) is 7.22. The number of carbonyl (C=O) groups excluding carboxylic acids is 2. The van der Waals surface area contributed by atoms with E-state index >= 15 is 0 Å². The lowest BCUT2D eigenvalue weighted by atomic mass is 10.1. The van der Waals surface area contributed by atoms with Crippen molar-refractivity contribution in [1.29, 1.82) is 0 Å². The van der Waals surface area contributed by atoms with E-state index in [0.29, 0.717) is 21.8 Å². The van der Waals surface area contributed by atoms with Gasteiger partial charge >= 0.3 is 0 Å². The number of nitrogens with two attached hydrogens (primary N) is 1. The number of carbonyl (C=O) groups is 2. The highest BCUT2D eigenvalue weighted by molar-refractivity contribution is 7.13. The molecule has 3 aromatic rings. The van der Waals surface area contributed by atoms with E-state index in [-0.39, 0.29) is 18.1 Å². The van der Waals surface area contributed by atoms with Crippen LogP contribution in [0.1, 0.15) is 17.3 Å². The molecule has 1 unspecified atom stereocenters. The van der Waals surface area contributed by atoms with Crippen molar-refractivity contribution < 1.29 is 14.0 Å². The van der Waals surface area contributed by atoms with E-state index in [4.69, 9.17) is 5.73 Å². The van der Waals surface area contributed by atoms with E-state index in [0.717, 1.165) is 0 Å². The molecule has 0 aliphatic heterocycles. The van der Waals surface area contributed by atoms with E-state index in [1.54, 1.807) is 41.8 Å². The van der Waals surface area contributed by atoms with Crippen LogP contribution in [-0.4, -0.2) is 16.8 Å². The number of nitrogens with one attached hydrogen (secondary N) is 1. The first-order valence-corrected chi connectivity index (χ1v) is 8.75. The lowest BCUT2D eigenvalue weighted by Crippen LogP contribution is -2.38. The maximum atomic E-state index is 13.3. The molecule has 0 aliphatic rings. The van der Waals surface area contributed by atoms with Gasteiger partial charge in [-0.25, -0.2) is 9.37 Å². The molecule has 3 rings (SSSR count). The first-order chi connectivity index (χ1) is 12.5. The highest BCUT2D eigenvalue weighted by atomic mass is 32.1. The fourth-order valence-electron chi connectivity index (χ4n) is 2.48. The van der Waals surface area contributed by atoms with E-state index in [9.17, 15) is 14.0 Å². The smallest absolute Gasteiger partial charge is 0.244 e. The maximum Gasteiger partial charge on any atom is 0.244 e. The van der Waals surface area contributed by atoms with Crippen molar-refractivity contribution in [3.05, 3.63) is 77.1 Å². The molecule has 132 valence electrons. The van der Waals surface area contributed by atoms with E-state index < -0.39 is 11.9 Å². The quantitative estimate of drug-likeness (QED) is 0.701. The van der Waals surface area contributed by atoms with Crippen LogP contribution in [0.3, 0.4) is 0 Å². The van der Waals surface area contributed by atoms with Gasteiger partial charge in [-0.3, -0.25) is 9.59 Å². The topological polar surface area (TPSA) is 85.1 Å². The first kappa shape index (κ1) is 17.8. The third-order valence-corrected chi connectivity index (χ3v) is 4.63. The van der Waals surface area contributed by atoms with Crippen LogP contribution in [-0.2, 0) is 16.0 Å². The molecule has 2 amide bonds. The Labute approximate surface area is 153 Å². The molecular weight excluding hydrogens is 353 g/mol. The van der Waals surface area contributed by atoms with Crippen molar-refractivity contribution in [2.24, 2.45) is 5.73 Å². The number of aromatic nitrogens is 1. The summed E-state index contributed by atoms with van der Waals surface area (Å²) in [6, 6.07) is 14.0. The van der Waals surface area contributed by atoms with Crippen molar-refractivity contribution >= 4 is 23.2 Å². The third-order valence-electron chi connectivity index (χ3n) is 3.69. The molecule has 2 aromatic carbocycles. The zero-order chi connectivity index (χ0) is 18.5. The number of benzene rings is 2. The molecule has 1 atom stereocenters.